The zero-order valence-corrected chi connectivity index (χ0v) is 11.0. The van der Waals surface area contributed by atoms with Crippen LogP contribution in [-0.2, 0) is 6.18 Å². The maximum absolute atomic E-state index is 12.9. The Kier molecular flexibility index (Phi) is 3.64. The number of aromatic nitrogens is 2. The molecule has 0 spiro atoms. The highest BCUT2D eigenvalue weighted by molar-refractivity contribution is 6.28. The molecule has 1 aromatic carbocycles. The molecule has 1 heterocycles. The molecule has 7 heteroatoms. The number of halogens is 4. The zero-order chi connectivity index (χ0) is 14.2. The van der Waals surface area contributed by atoms with E-state index in [-0.39, 0.29) is 16.8 Å². The van der Waals surface area contributed by atoms with Gasteiger partial charge in [0.2, 0.25) is 5.28 Å². The summed E-state index contributed by atoms with van der Waals surface area (Å²) in [5, 5.41) is 3.08. The number of nitrogens with one attached hydrogen (secondary N) is 1. The lowest BCUT2D eigenvalue weighted by atomic mass is 10.1. The second kappa shape index (κ2) is 4.94. The standard InChI is InChI=1S/C12H11ClF3N3/c1-6(17-2)9-7-4-3-5-8(12(14,15)16)10(7)19-11(13)18-9/h3-6,17H,1-2H3. The van der Waals surface area contributed by atoms with Crippen LogP contribution in [0.5, 0.6) is 0 Å². The molecule has 0 amide bonds. The predicted octanol–water partition coefficient (Wildman–Crippen LogP) is 3.58. The van der Waals surface area contributed by atoms with Crippen LogP contribution in [0, 0.1) is 0 Å². The first kappa shape index (κ1) is 14.0. The SMILES string of the molecule is CNC(C)c1nc(Cl)nc2c(C(F)(F)F)cccc12. The molecular formula is C12H11ClF3N3. The van der Waals surface area contributed by atoms with Crippen molar-refractivity contribution in [2.45, 2.75) is 19.1 Å². The van der Waals surface area contributed by atoms with Crippen LogP contribution in [0.25, 0.3) is 10.9 Å². The summed E-state index contributed by atoms with van der Waals surface area (Å²) in [5.41, 5.74) is -0.533. The number of benzene rings is 1. The van der Waals surface area contributed by atoms with Crippen LogP contribution >= 0.6 is 11.6 Å². The third-order valence-corrected chi connectivity index (χ3v) is 3.05. The topological polar surface area (TPSA) is 37.8 Å². The minimum absolute atomic E-state index is 0.174. The van der Waals surface area contributed by atoms with E-state index in [1.807, 2.05) is 0 Å². The summed E-state index contributed by atoms with van der Waals surface area (Å²) in [4.78, 5) is 7.75. The Morgan fingerprint density at radius 3 is 2.53 bits per heavy atom. The van der Waals surface area contributed by atoms with Crippen molar-refractivity contribution in [1.82, 2.24) is 15.3 Å². The van der Waals surface area contributed by atoms with Crippen LogP contribution in [0.1, 0.15) is 24.2 Å². The highest BCUT2D eigenvalue weighted by atomic mass is 35.5. The number of nitrogens with zero attached hydrogens (tertiary/aromatic N) is 2. The van der Waals surface area contributed by atoms with Gasteiger partial charge in [-0.05, 0) is 31.6 Å². The van der Waals surface area contributed by atoms with E-state index in [2.05, 4.69) is 15.3 Å². The molecule has 0 aliphatic carbocycles. The molecule has 2 aromatic rings. The van der Waals surface area contributed by atoms with Crippen LogP contribution < -0.4 is 5.32 Å². The number of fused-ring (bicyclic) bond motifs is 1. The molecule has 0 aliphatic heterocycles. The molecule has 0 saturated carbocycles. The lowest BCUT2D eigenvalue weighted by molar-refractivity contribution is -0.136. The predicted molar refractivity (Wildman–Crippen MR) is 67.0 cm³/mol. The van der Waals surface area contributed by atoms with E-state index in [4.69, 9.17) is 11.6 Å². The van der Waals surface area contributed by atoms with Gasteiger partial charge in [0.25, 0.3) is 0 Å². The Morgan fingerprint density at radius 1 is 1.26 bits per heavy atom. The van der Waals surface area contributed by atoms with Gasteiger partial charge in [0.15, 0.2) is 0 Å². The monoisotopic (exact) mass is 289 g/mol. The molecule has 102 valence electrons. The van der Waals surface area contributed by atoms with Crippen LogP contribution in [0.3, 0.4) is 0 Å². The van der Waals surface area contributed by atoms with Crippen LogP contribution in [0.15, 0.2) is 18.2 Å². The van der Waals surface area contributed by atoms with Crippen molar-refractivity contribution in [1.29, 1.82) is 0 Å². The second-order valence-electron chi connectivity index (χ2n) is 4.09. The molecule has 1 unspecified atom stereocenters. The molecule has 2 rings (SSSR count). The van der Waals surface area contributed by atoms with Gasteiger partial charge in [0.05, 0.1) is 16.8 Å². The van der Waals surface area contributed by atoms with E-state index in [0.29, 0.717) is 11.1 Å². The van der Waals surface area contributed by atoms with Gasteiger partial charge in [-0.3, -0.25) is 0 Å². The molecule has 1 N–H and O–H groups in total. The molecule has 0 radical (unpaired) electrons. The highest BCUT2D eigenvalue weighted by Crippen LogP contribution is 2.35. The molecule has 0 saturated heterocycles. The average molecular weight is 290 g/mol. The normalized spacial score (nSPS) is 13.8. The Hall–Kier alpha value is -1.40. The number of alkyl halides is 3. The van der Waals surface area contributed by atoms with Gasteiger partial charge in [-0.25, -0.2) is 9.97 Å². The van der Waals surface area contributed by atoms with E-state index in [1.165, 1.54) is 6.07 Å². The summed E-state index contributed by atoms with van der Waals surface area (Å²) in [6, 6.07) is 3.66. The van der Waals surface area contributed by atoms with E-state index in [9.17, 15) is 13.2 Å². The van der Waals surface area contributed by atoms with Crippen molar-refractivity contribution in [3.8, 4) is 0 Å². The first-order chi connectivity index (χ1) is 8.84. The maximum Gasteiger partial charge on any atom is 0.418 e. The summed E-state index contributed by atoms with van der Waals surface area (Å²) >= 11 is 5.73. The van der Waals surface area contributed by atoms with Gasteiger partial charge >= 0.3 is 6.18 Å². The molecule has 19 heavy (non-hydrogen) atoms. The third kappa shape index (κ3) is 2.64. The summed E-state index contributed by atoms with van der Waals surface area (Å²) in [5.74, 6) is 0. The Balaban J connectivity index is 2.81. The number of para-hydroxylation sites is 1. The fourth-order valence-corrected chi connectivity index (χ4v) is 2.02. The fraction of sp³-hybridized carbons (Fsp3) is 0.333. The quantitative estimate of drug-likeness (QED) is 0.859. The molecule has 0 bridgehead atoms. The van der Waals surface area contributed by atoms with Crippen LogP contribution in [-0.4, -0.2) is 17.0 Å². The Bertz CT molecular complexity index is 613. The minimum atomic E-state index is -4.47. The summed E-state index contributed by atoms with van der Waals surface area (Å²) in [7, 11) is 1.69. The smallest absolute Gasteiger partial charge is 0.312 e. The van der Waals surface area contributed by atoms with Crippen molar-refractivity contribution >= 4 is 22.5 Å². The number of hydrogen-bond acceptors (Lipinski definition) is 3. The highest BCUT2D eigenvalue weighted by Gasteiger charge is 2.34. The van der Waals surface area contributed by atoms with Gasteiger partial charge < -0.3 is 5.32 Å². The maximum atomic E-state index is 12.9. The molecule has 3 nitrogen and oxygen atoms in total. The summed E-state index contributed by atoms with van der Waals surface area (Å²) < 4.78 is 38.8. The first-order valence-corrected chi connectivity index (χ1v) is 5.93. The van der Waals surface area contributed by atoms with Crippen LogP contribution in [0.2, 0.25) is 5.28 Å². The first-order valence-electron chi connectivity index (χ1n) is 5.55. The summed E-state index contributed by atoms with van der Waals surface area (Å²) in [6.45, 7) is 1.79. The van der Waals surface area contributed by atoms with Crippen molar-refractivity contribution < 1.29 is 13.2 Å². The van der Waals surface area contributed by atoms with Gasteiger partial charge in [-0.15, -0.1) is 0 Å². The average Bonchev–Trinajstić information content (AvgIpc) is 2.34. The van der Waals surface area contributed by atoms with E-state index < -0.39 is 11.7 Å². The zero-order valence-electron chi connectivity index (χ0n) is 10.2. The summed E-state index contributed by atoms with van der Waals surface area (Å²) in [6.07, 6.45) is -4.47. The van der Waals surface area contributed by atoms with Gasteiger partial charge in [0.1, 0.15) is 0 Å². The van der Waals surface area contributed by atoms with E-state index in [1.54, 1.807) is 20.0 Å². The molecule has 0 fully saturated rings. The van der Waals surface area contributed by atoms with Gasteiger partial charge in [-0.1, -0.05) is 12.1 Å². The van der Waals surface area contributed by atoms with Crippen molar-refractivity contribution in [2.24, 2.45) is 0 Å². The lowest BCUT2D eigenvalue weighted by Crippen LogP contribution is -2.16. The third-order valence-electron chi connectivity index (χ3n) is 2.88. The van der Waals surface area contributed by atoms with Crippen molar-refractivity contribution in [3.05, 3.63) is 34.7 Å². The number of hydrogen-bond donors (Lipinski definition) is 1. The van der Waals surface area contributed by atoms with Crippen molar-refractivity contribution in [2.75, 3.05) is 7.05 Å². The van der Waals surface area contributed by atoms with E-state index in [0.717, 1.165) is 6.07 Å². The van der Waals surface area contributed by atoms with Crippen molar-refractivity contribution in [3.63, 3.8) is 0 Å². The largest absolute Gasteiger partial charge is 0.418 e. The molecule has 1 atom stereocenters. The Morgan fingerprint density at radius 2 is 1.95 bits per heavy atom. The van der Waals surface area contributed by atoms with E-state index >= 15 is 0 Å². The molecular weight excluding hydrogens is 279 g/mol. The second-order valence-corrected chi connectivity index (χ2v) is 4.43. The minimum Gasteiger partial charge on any atom is -0.312 e. The fourth-order valence-electron chi connectivity index (χ4n) is 1.84. The van der Waals surface area contributed by atoms with Crippen LogP contribution in [0.4, 0.5) is 13.2 Å². The molecule has 1 aromatic heterocycles. The lowest BCUT2D eigenvalue weighted by Gasteiger charge is -2.15. The van der Waals surface area contributed by atoms with Gasteiger partial charge in [0, 0.05) is 11.4 Å². The number of rotatable bonds is 2. The Labute approximate surface area is 112 Å². The van der Waals surface area contributed by atoms with Gasteiger partial charge in [-0.2, -0.15) is 13.2 Å². The molecule has 0 aliphatic rings.